The second-order valence-electron chi connectivity index (χ2n) is 10.1. The lowest BCUT2D eigenvalue weighted by Gasteiger charge is -2.32. The van der Waals surface area contributed by atoms with Gasteiger partial charge in [-0.05, 0) is 95.5 Å². The molecule has 3 amide bonds. The summed E-state index contributed by atoms with van der Waals surface area (Å²) in [5.41, 5.74) is 11.9. The number of nitrogens with two attached hydrogens (primary N) is 2. The Morgan fingerprint density at radius 3 is 1.72 bits per heavy atom. The normalized spacial score (nSPS) is 21.9. The van der Waals surface area contributed by atoms with Crippen LogP contribution in [0.4, 0.5) is 5.69 Å². The number of aliphatic hydroxyl groups excluding tert-OH is 1. The maximum absolute atomic E-state index is 14.0. The quantitative estimate of drug-likeness (QED) is 0.280. The Morgan fingerprint density at radius 2 is 1.33 bits per heavy atom. The molecule has 39 heavy (non-hydrogen) atoms. The topological polar surface area (TPSA) is 167 Å². The SMILES string of the molecule is CC1(C)OCC(CN(CCO)CC(=O)N(CC2COC(C)(C)O2)c2c(I)c(C(N)=O)c(I)c(C(N)=O)c2I)O1. The second-order valence-corrected chi connectivity index (χ2v) is 13.4. The molecule has 2 atom stereocenters. The summed E-state index contributed by atoms with van der Waals surface area (Å²) in [4.78, 5) is 42.2. The first-order chi connectivity index (χ1) is 18.1. The molecule has 1 aromatic carbocycles. The van der Waals surface area contributed by atoms with E-state index in [2.05, 4.69) is 0 Å². The van der Waals surface area contributed by atoms with Crippen molar-refractivity contribution >= 4 is 91.2 Å². The average Bonchev–Trinajstić information content (AvgIpc) is 3.31. The van der Waals surface area contributed by atoms with Crippen LogP contribution < -0.4 is 16.4 Å². The molecule has 0 radical (unpaired) electrons. The number of hydrogen-bond donors (Lipinski definition) is 3. The Bertz CT molecular complexity index is 1090. The van der Waals surface area contributed by atoms with Gasteiger partial charge in [0, 0.05) is 16.7 Å². The minimum Gasteiger partial charge on any atom is -0.395 e. The van der Waals surface area contributed by atoms with E-state index in [9.17, 15) is 19.5 Å². The van der Waals surface area contributed by atoms with Gasteiger partial charge in [0.05, 0.1) is 63.0 Å². The number of anilines is 1. The molecular formula is C24H33I3N4O8. The number of aliphatic hydroxyl groups is 1. The largest absolute Gasteiger partial charge is 0.395 e. The number of rotatable bonds is 11. The van der Waals surface area contributed by atoms with E-state index in [1.165, 1.54) is 4.90 Å². The Kier molecular flexibility index (Phi) is 11.2. The smallest absolute Gasteiger partial charge is 0.250 e. The fraction of sp³-hybridized carbons (Fsp3) is 0.625. The fourth-order valence-corrected chi connectivity index (χ4v) is 9.30. The van der Waals surface area contributed by atoms with E-state index in [0.717, 1.165) is 0 Å². The molecule has 0 aliphatic carbocycles. The zero-order valence-corrected chi connectivity index (χ0v) is 28.6. The number of nitrogens with zero attached hydrogens (tertiary/aromatic N) is 2. The van der Waals surface area contributed by atoms with Crippen molar-refractivity contribution in [3.63, 3.8) is 0 Å². The van der Waals surface area contributed by atoms with Gasteiger partial charge in [0.1, 0.15) is 6.10 Å². The molecule has 0 saturated carbocycles. The summed E-state index contributed by atoms with van der Waals surface area (Å²) in [7, 11) is 0. The van der Waals surface area contributed by atoms with E-state index in [0.29, 0.717) is 29.5 Å². The van der Waals surface area contributed by atoms with E-state index in [-0.39, 0.29) is 56.0 Å². The van der Waals surface area contributed by atoms with Crippen molar-refractivity contribution < 1.29 is 38.4 Å². The number of carbonyl (C=O) groups is 3. The Labute approximate surface area is 268 Å². The summed E-state index contributed by atoms with van der Waals surface area (Å²) < 4.78 is 24.4. The molecule has 5 N–H and O–H groups in total. The number of hydrogen-bond acceptors (Lipinski definition) is 9. The number of ether oxygens (including phenoxy) is 4. The number of primary amides is 2. The van der Waals surface area contributed by atoms with Crippen LogP contribution in [0.25, 0.3) is 0 Å². The fourth-order valence-electron chi connectivity index (χ4n) is 4.49. The standard InChI is InChI=1S/C24H33I3N4O8/c1-23(2)36-10-12(38-23)7-30(5-6-32)9-14(33)31(8-13-11-37-24(3,4)39-13)20-18(26)15(21(28)34)17(25)16(19(20)27)22(29)35/h12-13,32H,5-11H2,1-4H3,(H2,28,34)(H2,29,35). The predicted octanol–water partition coefficient (Wildman–Crippen LogP) is 1.63. The maximum Gasteiger partial charge on any atom is 0.250 e. The van der Waals surface area contributed by atoms with E-state index < -0.39 is 29.5 Å². The predicted molar refractivity (Wildman–Crippen MR) is 167 cm³/mol. The molecule has 2 aliphatic rings. The van der Waals surface area contributed by atoms with Crippen molar-refractivity contribution in [2.75, 3.05) is 50.9 Å². The maximum atomic E-state index is 14.0. The molecule has 0 spiro atoms. The van der Waals surface area contributed by atoms with Gasteiger partial charge in [0.15, 0.2) is 11.6 Å². The highest BCUT2D eigenvalue weighted by molar-refractivity contribution is 14.1. The highest BCUT2D eigenvalue weighted by Gasteiger charge is 2.38. The van der Waals surface area contributed by atoms with Gasteiger partial charge in [-0.1, -0.05) is 0 Å². The molecule has 2 heterocycles. The van der Waals surface area contributed by atoms with Crippen LogP contribution in [0.3, 0.4) is 0 Å². The van der Waals surface area contributed by atoms with Crippen LogP contribution in [0, 0.1) is 10.7 Å². The van der Waals surface area contributed by atoms with Crippen LogP contribution in [0.15, 0.2) is 0 Å². The molecule has 2 aliphatic heterocycles. The number of benzene rings is 1. The molecule has 0 aromatic heterocycles. The van der Waals surface area contributed by atoms with Crippen molar-refractivity contribution in [3.8, 4) is 0 Å². The minimum atomic E-state index is -0.835. The highest BCUT2D eigenvalue weighted by Crippen LogP contribution is 2.38. The zero-order chi connectivity index (χ0) is 29.3. The molecule has 15 heteroatoms. The summed E-state index contributed by atoms with van der Waals surface area (Å²) in [6.45, 7) is 8.16. The van der Waals surface area contributed by atoms with Gasteiger partial charge >= 0.3 is 0 Å². The van der Waals surface area contributed by atoms with Crippen LogP contribution in [-0.4, -0.2) is 97.5 Å². The van der Waals surface area contributed by atoms with Crippen molar-refractivity contribution in [1.82, 2.24) is 4.90 Å². The van der Waals surface area contributed by atoms with Crippen LogP contribution in [0.5, 0.6) is 0 Å². The van der Waals surface area contributed by atoms with Gasteiger partial charge in [0.2, 0.25) is 5.91 Å². The zero-order valence-electron chi connectivity index (χ0n) is 22.1. The van der Waals surface area contributed by atoms with E-state index in [1.807, 2.05) is 81.6 Å². The molecule has 2 unspecified atom stereocenters. The third-order valence-electron chi connectivity index (χ3n) is 6.12. The van der Waals surface area contributed by atoms with Gasteiger partial charge < -0.3 is 40.4 Å². The van der Waals surface area contributed by atoms with Crippen LogP contribution in [0.2, 0.25) is 0 Å². The van der Waals surface area contributed by atoms with Gasteiger partial charge in [-0.3, -0.25) is 19.3 Å². The highest BCUT2D eigenvalue weighted by atomic mass is 127. The molecule has 1 aromatic rings. The first kappa shape index (κ1) is 33.1. The Hall–Kier alpha value is -0.420. The Balaban J connectivity index is 2.03. The van der Waals surface area contributed by atoms with Gasteiger partial charge in [0.25, 0.3) is 11.8 Å². The number of amides is 3. The van der Waals surface area contributed by atoms with Crippen molar-refractivity contribution in [2.24, 2.45) is 11.5 Å². The van der Waals surface area contributed by atoms with Crippen molar-refractivity contribution in [3.05, 3.63) is 21.8 Å². The molecule has 2 fully saturated rings. The van der Waals surface area contributed by atoms with E-state index in [1.54, 1.807) is 18.7 Å². The van der Waals surface area contributed by atoms with E-state index >= 15 is 0 Å². The summed E-state index contributed by atoms with van der Waals surface area (Å²) in [6.07, 6.45) is -0.774. The average molecular weight is 886 g/mol. The molecule has 0 bridgehead atoms. The number of carbonyl (C=O) groups excluding carboxylic acids is 3. The summed E-state index contributed by atoms with van der Waals surface area (Å²) in [5, 5.41) is 9.70. The molecule has 3 rings (SSSR count). The van der Waals surface area contributed by atoms with Crippen LogP contribution >= 0.6 is 67.8 Å². The summed E-state index contributed by atoms with van der Waals surface area (Å²) in [5.74, 6) is -3.42. The molecule has 218 valence electrons. The van der Waals surface area contributed by atoms with Crippen LogP contribution in [0.1, 0.15) is 48.4 Å². The lowest BCUT2D eigenvalue weighted by atomic mass is 10.1. The Morgan fingerprint density at radius 1 is 0.872 bits per heavy atom. The second kappa shape index (κ2) is 13.3. The lowest BCUT2D eigenvalue weighted by molar-refractivity contribution is -0.141. The third-order valence-corrected chi connectivity index (χ3v) is 9.29. The molecule has 12 nitrogen and oxygen atoms in total. The van der Waals surface area contributed by atoms with Crippen molar-refractivity contribution in [2.45, 2.75) is 51.5 Å². The minimum absolute atomic E-state index is 0.0777. The van der Waals surface area contributed by atoms with E-state index in [4.69, 9.17) is 30.4 Å². The number of halogens is 3. The molecule has 2 saturated heterocycles. The first-order valence-electron chi connectivity index (χ1n) is 12.1. The molecular weight excluding hydrogens is 853 g/mol. The monoisotopic (exact) mass is 886 g/mol. The van der Waals surface area contributed by atoms with Crippen molar-refractivity contribution in [1.29, 1.82) is 0 Å². The van der Waals surface area contributed by atoms with Gasteiger partial charge in [-0.25, -0.2) is 0 Å². The summed E-state index contributed by atoms with van der Waals surface area (Å²) in [6, 6.07) is 0. The first-order valence-corrected chi connectivity index (χ1v) is 15.4. The third kappa shape index (κ3) is 8.11. The van der Waals surface area contributed by atoms with Crippen LogP contribution in [-0.2, 0) is 23.7 Å². The van der Waals surface area contributed by atoms with Gasteiger partial charge in [-0.15, -0.1) is 0 Å². The lowest BCUT2D eigenvalue weighted by Crippen LogP contribution is -2.48. The summed E-state index contributed by atoms with van der Waals surface area (Å²) >= 11 is 5.80. The van der Waals surface area contributed by atoms with Gasteiger partial charge in [-0.2, -0.15) is 0 Å².